The summed E-state index contributed by atoms with van der Waals surface area (Å²) in [6.45, 7) is 6.10. The maximum absolute atomic E-state index is 11.5. The highest BCUT2D eigenvalue weighted by molar-refractivity contribution is 5.94. The van der Waals surface area contributed by atoms with Gasteiger partial charge < -0.3 is 10.5 Å². The third-order valence-electron chi connectivity index (χ3n) is 3.86. The lowest BCUT2D eigenvalue weighted by Gasteiger charge is -2.32. The lowest BCUT2D eigenvalue weighted by Crippen LogP contribution is -2.33. The van der Waals surface area contributed by atoms with Crippen molar-refractivity contribution < 1.29 is 10.0 Å². The van der Waals surface area contributed by atoms with Crippen molar-refractivity contribution in [3.8, 4) is 0 Å². The van der Waals surface area contributed by atoms with Gasteiger partial charge in [-0.2, -0.15) is 5.06 Å². The molecule has 0 aromatic heterocycles. The normalized spacial score (nSPS) is 16.2. The van der Waals surface area contributed by atoms with E-state index in [1.54, 1.807) is 0 Å². The smallest absolute Gasteiger partial charge is 0.224 e. The number of hydroxylamine groups is 2. The van der Waals surface area contributed by atoms with Gasteiger partial charge in [0.15, 0.2) is 0 Å². The molecule has 4 heteroatoms. The molecule has 0 aliphatic carbocycles. The molecule has 0 bridgehead atoms. The number of fused-ring (bicyclic) bond motifs is 1. The Morgan fingerprint density at radius 2 is 2.10 bits per heavy atom. The number of benzene rings is 1. The second-order valence-corrected chi connectivity index (χ2v) is 5.70. The zero-order valence-electron chi connectivity index (χ0n) is 12.5. The summed E-state index contributed by atoms with van der Waals surface area (Å²) >= 11 is 0. The van der Waals surface area contributed by atoms with Crippen LogP contribution in [0, 0.1) is 0 Å². The molecule has 0 radical (unpaired) electrons. The van der Waals surface area contributed by atoms with Crippen LogP contribution in [0.2, 0.25) is 0 Å². The lowest BCUT2D eigenvalue weighted by atomic mass is 9.90. The molecule has 1 atom stereocenters. The van der Waals surface area contributed by atoms with Crippen LogP contribution < -0.4 is 5.32 Å². The van der Waals surface area contributed by atoms with E-state index in [4.69, 9.17) is 0 Å². The van der Waals surface area contributed by atoms with Crippen molar-refractivity contribution in [2.24, 2.45) is 0 Å². The van der Waals surface area contributed by atoms with E-state index in [-0.39, 0.29) is 18.0 Å². The van der Waals surface area contributed by atoms with Crippen LogP contribution in [0.1, 0.15) is 57.2 Å². The first-order valence-electron chi connectivity index (χ1n) is 7.43. The molecule has 1 unspecified atom stereocenters. The fraction of sp³-hybridized carbons (Fsp3) is 0.562. The van der Waals surface area contributed by atoms with Crippen molar-refractivity contribution in [1.82, 2.24) is 5.06 Å². The van der Waals surface area contributed by atoms with Crippen molar-refractivity contribution in [3.63, 3.8) is 0 Å². The molecule has 20 heavy (non-hydrogen) atoms. The molecular weight excluding hydrogens is 252 g/mol. The Morgan fingerprint density at radius 1 is 1.35 bits per heavy atom. The van der Waals surface area contributed by atoms with Crippen molar-refractivity contribution in [1.29, 1.82) is 0 Å². The number of rotatable bonds is 5. The molecule has 1 aromatic rings. The summed E-state index contributed by atoms with van der Waals surface area (Å²) in [4.78, 5) is 11.5. The van der Waals surface area contributed by atoms with E-state index in [0.29, 0.717) is 6.42 Å². The lowest BCUT2D eigenvalue weighted by molar-refractivity contribution is -0.155. The number of nitrogens with one attached hydrogen (secondary N) is 1. The first-order chi connectivity index (χ1) is 9.54. The predicted molar refractivity (Wildman–Crippen MR) is 79.8 cm³/mol. The highest BCUT2D eigenvalue weighted by Crippen LogP contribution is 2.34. The molecule has 1 amide bonds. The Bertz CT molecular complexity index is 485. The summed E-state index contributed by atoms with van der Waals surface area (Å²) in [5.41, 5.74) is 3.21. The van der Waals surface area contributed by atoms with Crippen LogP contribution in [0.3, 0.4) is 0 Å². The monoisotopic (exact) mass is 276 g/mol. The average molecular weight is 276 g/mol. The Labute approximate surface area is 120 Å². The molecule has 2 N–H and O–H groups in total. The summed E-state index contributed by atoms with van der Waals surface area (Å²) in [5.74, 6) is 0.0754. The molecule has 0 saturated heterocycles. The molecule has 0 spiro atoms. The third-order valence-corrected chi connectivity index (χ3v) is 3.86. The Kier molecular flexibility index (Phi) is 4.78. The van der Waals surface area contributed by atoms with E-state index in [9.17, 15) is 10.0 Å². The van der Waals surface area contributed by atoms with Crippen LogP contribution in [0.4, 0.5) is 5.69 Å². The molecular formula is C16H24N2O2. The number of amides is 1. The quantitative estimate of drug-likeness (QED) is 0.809. The Hall–Kier alpha value is -1.39. The SMILES string of the molecule is CCCC(c1cccc2c1CCC(=O)N2)N(O)C(C)C. The van der Waals surface area contributed by atoms with Crippen LogP contribution in [-0.2, 0) is 11.2 Å². The zero-order chi connectivity index (χ0) is 14.7. The van der Waals surface area contributed by atoms with Gasteiger partial charge in [0, 0.05) is 18.2 Å². The van der Waals surface area contributed by atoms with Gasteiger partial charge >= 0.3 is 0 Å². The van der Waals surface area contributed by atoms with E-state index in [1.165, 1.54) is 10.6 Å². The van der Waals surface area contributed by atoms with Crippen LogP contribution in [0.25, 0.3) is 0 Å². The fourth-order valence-electron chi connectivity index (χ4n) is 2.83. The number of nitrogens with zero attached hydrogens (tertiary/aromatic N) is 1. The largest absolute Gasteiger partial charge is 0.326 e. The van der Waals surface area contributed by atoms with Gasteiger partial charge in [-0.1, -0.05) is 25.5 Å². The second-order valence-electron chi connectivity index (χ2n) is 5.70. The van der Waals surface area contributed by atoms with E-state index >= 15 is 0 Å². The van der Waals surface area contributed by atoms with Gasteiger partial charge in [-0.25, -0.2) is 0 Å². The summed E-state index contributed by atoms with van der Waals surface area (Å²) in [5, 5.41) is 14.7. The maximum Gasteiger partial charge on any atom is 0.224 e. The van der Waals surface area contributed by atoms with Gasteiger partial charge in [0.25, 0.3) is 0 Å². The van der Waals surface area contributed by atoms with Crippen molar-refractivity contribution in [2.75, 3.05) is 5.32 Å². The molecule has 2 rings (SSSR count). The molecule has 1 aromatic carbocycles. The fourth-order valence-corrected chi connectivity index (χ4v) is 2.83. The molecule has 0 saturated carbocycles. The van der Waals surface area contributed by atoms with Gasteiger partial charge in [0.1, 0.15) is 0 Å². The minimum Gasteiger partial charge on any atom is -0.326 e. The first-order valence-corrected chi connectivity index (χ1v) is 7.43. The second kappa shape index (κ2) is 6.37. The summed E-state index contributed by atoms with van der Waals surface area (Å²) in [6.07, 6.45) is 3.18. The standard InChI is InChI=1S/C16H24N2O2/c1-4-6-15(18(20)11(2)3)13-7-5-8-14-12(13)9-10-16(19)17-14/h5,7-8,11,15,20H,4,6,9-10H2,1-3H3,(H,17,19). The van der Waals surface area contributed by atoms with Crippen molar-refractivity contribution in [3.05, 3.63) is 29.3 Å². The molecule has 4 nitrogen and oxygen atoms in total. The van der Waals surface area contributed by atoms with E-state index in [0.717, 1.165) is 30.5 Å². The molecule has 1 heterocycles. The molecule has 1 aliphatic heterocycles. The number of hydrogen-bond donors (Lipinski definition) is 2. The van der Waals surface area contributed by atoms with Crippen LogP contribution in [-0.4, -0.2) is 22.2 Å². The van der Waals surface area contributed by atoms with Crippen LogP contribution in [0.5, 0.6) is 0 Å². The Balaban J connectivity index is 2.38. The van der Waals surface area contributed by atoms with Gasteiger partial charge in [-0.15, -0.1) is 0 Å². The maximum atomic E-state index is 11.5. The van der Waals surface area contributed by atoms with Gasteiger partial charge in [0.2, 0.25) is 5.91 Å². The zero-order valence-corrected chi connectivity index (χ0v) is 12.5. The Morgan fingerprint density at radius 3 is 2.75 bits per heavy atom. The molecule has 110 valence electrons. The highest BCUT2D eigenvalue weighted by atomic mass is 16.5. The topological polar surface area (TPSA) is 52.6 Å². The summed E-state index contributed by atoms with van der Waals surface area (Å²) < 4.78 is 0. The summed E-state index contributed by atoms with van der Waals surface area (Å²) in [7, 11) is 0. The van der Waals surface area contributed by atoms with Gasteiger partial charge in [0.05, 0.1) is 6.04 Å². The predicted octanol–water partition coefficient (Wildman–Crippen LogP) is 3.51. The average Bonchev–Trinajstić information content (AvgIpc) is 2.43. The number of anilines is 1. The van der Waals surface area contributed by atoms with Gasteiger partial charge in [-0.3, -0.25) is 4.79 Å². The molecule has 0 fully saturated rings. The van der Waals surface area contributed by atoms with E-state index < -0.39 is 0 Å². The number of carbonyl (C=O) groups is 1. The third kappa shape index (κ3) is 3.02. The number of carbonyl (C=O) groups excluding carboxylic acids is 1. The van der Waals surface area contributed by atoms with Crippen molar-refractivity contribution >= 4 is 11.6 Å². The van der Waals surface area contributed by atoms with E-state index in [2.05, 4.69) is 18.3 Å². The first kappa shape index (κ1) is 15.0. The molecule has 1 aliphatic rings. The minimum atomic E-state index is -0.00930. The summed E-state index contributed by atoms with van der Waals surface area (Å²) in [6, 6.07) is 6.03. The van der Waals surface area contributed by atoms with Gasteiger partial charge in [-0.05, 0) is 43.9 Å². The number of hydrogen-bond acceptors (Lipinski definition) is 3. The van der Waals surface area contributed by atoms with Crippen molar-refractivity contribution in [2.45, 2.75) is 58.5 Å². The highest BCUT2D eigenvalue weighted by Gasteiger charge is 2.26. The van der Waals surface area contributed by atoms with Crippen LogP contribution >= 0.6 is 0 Å². The van der Waals surface area contributed by atoms with Crippen LogP contribution in [0.15, 0.2) is 18.2 Å². The van der Waals surface area contributed by atoms with E-state index in [1.807, 2.05) is 26.0 Å². The minimum absolute atomic E-state index is 0.00930.